The number of aliphatic carboxylic acids is 1. The molecule has 2 fully saturated rings. The van der Waals surface area contributed by atoms with Crippen molar-refractivity contribution in [1.29, 1.82) is 0 Å². The minimum absolute atomic E-state index is 0.0978. The van der Waals surface area contributed by atoms with Gasteiger partial charge in [0, 0.05) is 26.2 Å². The molecule has 2 heterocycles. The second kappa shape index (κ2) is 8.26. The maximum atomic E-state index is 13.0. The Balaban J connectivity index is 1.73. The van der Waals surface area contributed by atoms with E-state index < -0.39 is 27.9 Å². The van der Waals surface area contributed by atoms with Crippen LogP contribution in [0.5, 0.6) is 0 Å². The van der Waals surface area contributed by atoms with Crippen molar-refractivity contribution in [3.05, 3.63) is 24.3 Å². The average molecular weight is 395 g/mol. The molecule has 3 rings (SSSR count). The smallest absolute Gasteiger partial charge is 0.321 e. The summed E-state index contributed by atoms with van der Waals surface area (Å²) < 4.78 is 27.4. The van der Waals surface area contributed by atoms with Gasteiger partial charge in [0.05, 0.1) is 11.6 Å². The Hall–Kier alpha value is -2.13. The van der Waals surface area contributed by atoms with E-state index in [4.69, 9.17) is 5.11 Å². The number of carbonyl (C=O) groups excluding carboxylic acids is 1. The fourth-order valence-electron chi connectivity index (χ4n) is 3.56. The quantitative estimate of drug-likeness (QED) is 0.813. The molecule has 0 unspecified atom stereocenters. The molecule has 0 saturated carbocycles. The van der Waals surface area contributed by atoms with Crippen LogP contribution in [-0.4, -0.2) is 60.9 Å². The third-order valence-electron chi connectivity index (χ3n) is 5.19. The van der Waals surface area contributed by atoms with E-state index >= 15 is 0 Å². The summed E-state index contributed by atoms with van der Waals surface area (Å²) in [7, 11) is -3.67. The first-order chi connectivity index (χ1) is 12.9. The number of nitrogens with zero attached hydrogens (tertiary/aromatic N) is 2. The van der Waals surface area contributed by atoms with Crippen LogP contribution >= 0.6 is 0 Å². The number of rotatable bonds is 4. The number of carboxylic acid groups (broad SMARTS) is 1. The topological polar surface area (TPSA) is 107 Å². The van der Waals surface area contributed by atoms with Gasteiger partial charge in [-0.15, -0.1) is 0 Å². The van der Waals surface area contributed by atoms with Gasteiger partial charge in [0.15, 0.2) is 0 Å². The highest BCUT2D eigenvalue weighted by Gasteiger charge is 2.30. The molecule has 0 spiro atoms. The number of urea groups is 1. The predicted molar refractivity (Wildman–Crippen MR) is 100 cm³/mol. The minimum atomic E-state index is -3.67. The number of anilines is 1. The summed E-state index contributed by atoms with van der Waals surface area (Å²) in [5, 5.41) is 11.8. The van der Waals surface area contributed by atoms with E-state index in [1.54, 1.807) is 18.2 Å². The third-order valence-corrected chi connectivity index (χ3v) is 7.15. The molecular formula is C18H25N3O5S. The van der Waals surface area contributed by atoms with Gasteiger partial charge < -0.3 is 15.3 Å². The summed E-state index contributed by atoms with van der Waals surface area (Å²) in [5.41, 5.74) is 0.258. The summed E-state index contributed by atoms with van der Waals surface area (Å²) >= 11 is 0. The van der Waals surface area contributed by atoms with Crippen LogP contribution in [0.1, 0.15) is 32.1 Å². The summed E-state index contributed by atoms with van der Waals surface area (Å²) in [4.78, 5) is 25.2. The van der Waals surface area contributed by atoms with E-state index in [1.807, 2.05) is 0 Å². The Kier molecular flexibility index (Phi) is 6.01. The van der Waals surface area contributed by atoms with E-state index in [0.29, 0.717) is 39.0 Å². The average Bonchev–Trinajstić information content (AvgIpc) is 2.69. The van der Waals surface area contributed by atoms with E-state index in [-0.39, 0.29) is 10.6 Å². The highest BCUT2D eigenvalue weighted by atomic mass is 32.2. The zero-order valence-corrected chi connectivity index (χ0v) is 16.0. The fourth-order valence-corrected chi connectivity index (χ4v) is 5.23. The van der Waals surface area contributed by atoms with Crippen molar-refractivity contribution in [2.75, 3.05) is 31.5 Å². The monoisotopic (exact) mass is 395 g/mol. The number of sulfonamides is 1. The molecule has 2 aliphatic rings. The van der Waals surface area contributed by atoms with Crippen molar-refractivity contribution in [1.82, 2.24) is 9.21 Å². The normalized spacial score (nSPS) is 19.6. The van der Waals surface area contributed by atoms with Gasteiger partial charge >= 0.3 is 12.0 Å². The molecule has 0 atom stereocenters. The van der Waals surface area contributed by atoms with Gasteiger partial charge in [0.1, 0.15) is 4.90 Å². The van der Waals surface area contributed by atoms with Crippen molar-refractivity contribution < 1.29 is 23.1 Å². The molecule has 2 amide bonds. The van der Waals surface area contributed by atoms with Crippen LogP contribution in [0.15, 0.2) is 29.2 Å². The predicted octanol–water partition coefficient (Wildman–Crippen LogP) is 2.19. The Morgan fingerprint density at radius 3 is 2.26 bits per heavy atom. The van der Waals surface area contributed by atoms with Gasteiger partial charge in [-0.2, -0.15) is 4.31 Å². The number of nitrogens with one attached hydrogen (secondary N) is 1. The Labute approximate surface area is 159 Å². The highest BCUT2D eigenvalue weighted by molar-refractivity contribution is 7.89. The van der Waals surface area contributed by atoms with Crippen LogP contribution in [0.2, 0.25) is 0 Å². The van der Waals surface area contributed by atoms with Crippen LogP contribution in [-0.2, 0) is 14.8 Å². The Bertz CT molecular complexity index is 797. The first-order valence-electron chi connectivity index (χ1n) is 9.27. The second-order valence-corrected chi connectivity index (χ2v) is 8.90. The molecule has 2 N–H and O–H groups in total. The number of para-hydroxylation sites is 1. The van der Waals surface area contributed by atoms with Crippen molar-refractivity contribution in [3.63, 3.8) is 0 Å². The lowest BCUT2D eigenvalue weighted by Crippen LogP contribution is -2.42. The molecule has 1 aromatic rings. The van der Waals surface area contributed by atoms with E-state index in [1.165, 1.54) is 15.3 Å². The van der Waals surface area contributed by atoms with E-state index in [0.717, 1.165) is 19.3 Å². The van der Waals surface area contributed by atoms with Crippen LogP contribution in [0.4, 0.5) is 10.5 Å². The van der Waals surface area contributed by atoms with Gasteiger partial charge in [-0.3, -0.25) is 4.79 Å². The molecule has 2 saturated heterocycles. The number of amides is 2. The first kappa shape index (κ1) is 19.6. The zero-order chi connectivity index (χ0) is 19.4. The molecule has 0 aliphatic carbocycles. The van der Waals surface area contributed by atoms with Crippen LogP contribution in [0.25, 0.3) is 0 Å². The van der Waals surface area contributed by atoms with Crippen molar-refractivity contribution >= 4 is 27.7 Å². The number of hydrogen-bond donors (Lipinski definition) is 2. The molecular weight excluding hydrogens is 370 g/mol. The third kappa shape index (κ3) is 4.41. The lowest BCUT2D eigenvalue weighted by molar-refractivity contribution is -0.143. The minimum Gasteiger partial charge on any atom is -0.481 e. The maximum Gasteiger partial charge on any atom is 0.321 e. The molecule has 0 bridgehead atoms. The molecule has 0 aromatic heterocycles. The Morgan fingerprint density at radius 2 is 1.63 bits per heavy atom. The van der Waals surface area contributed by atoms with E-state index in [9.17, 15) is 18.0 Å². The van der Waals surface area contributed by atoms with Gasteiger partial charge in [0.25, 0.3) is 0 Å². The second-order valence-electron chi connectivity index (χ2n) is 6.99. The SMILES string of the molecule is O=C(O)C1CCN(C(=O)Nc2ccccc2S(=O)(=O)N2CCCCC2)CC1. The summed E-state index contributed by atoms with van der Waals surface area (Å²) in [6.07, 6.45) is 3.50. The zero-order valence-electron chi connectivity index (χ0n) is 15.1. The molecule has 8 nitrogen and oxygen atoms in total. The molecule has 27 heavy (non-hydrogen) atoms. The van der Waals surface area contributed by atoms with Crippen LogP contribution in [0.3, 0.4) is 0 Å². The number of benzene rings is 1. The standard InChI is InChI=1S/C18H25N3O5S/c22-17(23)14-8-12-20(13-9-14)18(24)19-15-6-2-3-7-16(15)27(25,26)21-10-4-1-5-11-21/h2-3,6-7,14H,1,4-5,8-13H2,(H,19,24)(H,22,23). The summed E-state index contributed by atoms with van der Waals surface area (Å²) in [6.45, 7) is 1.66. The number of hydrogen-bond acceptors (Lipinski definition) is 4. The lowest BCUT2D eigenvalue weighted by atomic mass is 9.97. The molecule has 0 radical (unpaired) electrons. The molecule has 9 heteroatoms. The van der Waals surface area contributed by atoms with Crippen molar-refractivity contribution in [2.45, 2.75) is 37.0 Å². The summed E-state index contributed by atoms with van der Waals surface area (Å²) in [6, 6.07) is 6.02. The first-order valence-corrected chi connectivity index (χ1v) is 10.7. The van der Waals surface area contributed by atoms with Gasteiger partial charge in [0.2, 0.25) is 10.0 Å². The fraction of sp³-hybridized carbons (Fsp3) is 0.556. The largest absolute Gasteiger partial charge is 0.481 e. The number of carboxylic acids is 1. The van der Waals surface area contributed by atoms with Gasteiger partial charge in [-0.25, -0.2) is 13.2 Å². The lowest BCUT2D eigenvalue weighted by Gasteiger charge is -2.31. The van der Waals surface area contributed by atoms with Crippen molar-refractivity contribution in [3.8, 4) is 0 Å². The number of likely N-dealkylation sites (tertiary alicyclic amines) is 1. The molecule has 2 aliphatic heterocycles. The van der Waals surface area contributed by atoms with Gasteiger partial charge in [-0.05, 0) is 37.8 Å². The highest BCUT2D eigenvalue weighted by Crippen LogP contribution is 2.27. The van der Waals surface area contributed by atoms with Crippen LogP contribution in [0, 0.1) is 5.92 Å². The molecule has 148 valence electrons. The maximum absolute atomic E-state index is 13.0. The van der Waals surface area contributed by atoms with Crippen molar-refractivity contribution in [2.24, 2.45) is 5.92 Å². The van der Waals surface area contributed by atoms with E-state index in [2.05, 4.69) is 5.32 Å². The van der Waals surface area contributed by atoms with Crippen LogP contribution < -0.4 is 5.32 Å². The Morgan fingerprint density at radius 1 is 1.00 bits per heavy atom. The summed E-state index contributed by atoms with van der Waals surface area (Å²) in [5.74, 6) is -1.27. The van der Waals surface area contributed by atoms with Gasteiger partial charge in [-0.1, -0.05) is 18.6 Å². The number of carbonyl (C=O) groups is 2. The molecule has 1 aromatic carbocycles. The number of piperidine rings is 2.